The number of hydrogen-bond donors (Lipinski definition) is 4. The fourth-order valence-electron chi connectivity index (χ4n) is 2.45. The van der Waals surface area contributed by atoms with E-state index in [2.05, 4.69) is 25.5 Å². The van der Waals surface area contributed by atoms with Crippen molar-refractivity contribution in [3.63, 3.8) is 0 Å². The number of nitriles is 1. The maximum Gasteiger partial charge on any atom is 0.158 e. The van der Waals surface area contributed by atoms with E-state index in [0.29, 0.717) is 22.9 Å². The number of benzene rings is 1. The number of aliphatic hydroxyl groups is 1. The SMILES string of the molecule is COc1cc(F)cc(OCC(O)CN)c1-c1cc(Nc2cnc(C#N)cn2)n[nH]1. The number of rotatable bonds is 8. The van der Waals surface area contributed by atoms with Gasteiger partial charge in [0.2, 0.25) is 0 Å². The van der Waals surface area contributed by atoms with Gasteiger partial charge in [-0.3, -0.25) is 5.10 Å². The number of H-pyrrole nitrogens is 1. The van der Waals surface area contributed by atoms with Gasteiger partial charge in [-0.05, 0) is 0 Å². The first-order chi connectivity index (χ1) is 14.0. The lowest BCUT2D eigenvalue weighted by Crippen LogP contribution is -2.26. The molecular formula is C18H18FN7O3. The topological polar surface area (TPSA) is 155 Å². The number of halogens is 1. The Balaban J connectivity index is 1.90. The molecule has 1 aromatic carbocycles. The maximum absolute atomic E-state index is 13.9. The Morgan fingerprint density at radius 1 is 1.28 bits per heavy atom. The zero-order valence-electron chi connectivity index (χ0n) is 15.4. The molecule has 1 unspecified atom stereocenters. The smallest absolute Gasteiger partial charge is 0.158 e. The molecule has 2 aromatic heterocycles. The fourth-order valence-corrected chi connectivity index (χ4v) is 2.45. The number of methoxy groups -OCH3 is 1. The minimum Gasteiger partial charge on any atom is -0.496 e. The summed E-state index contributed by atoms with van der Waals surface area (Å²) in [6, 6.07) is 5.92. The van der Waals surface area contributed by atoms with Gasteiger partial charge in [-0.25, -0.2) is 14.4 Å². The molecule has 0 spiro atoms. The van der Waals surface area contributed by atoms with Crippen LogP contribution in [0, 0.1) is 17.1 Å². The quantitative estimate of drug-likeness (QED) is 0.439. The third-order valence-corrected chi connectivity index (χ3v) is 3.82. The molecule has 5 N–H and O–H groups in total. The first-order valence-electron chi connectivity index (χ1n) is 8.47. The van der Waals surface area contributed by atoms with Crippen molar-refractivity contribution in [2.45, 2.75) is 6.10 Å². The summed E-state index contributed by atoms with van der Waals surface area (Å²) in [5.74, 6) is 0.598. The summed E-state index contributed by atoms with van der Waals surface area (Å²) in [6.45, 7) is -0.109. The van der Waals surface area contributed by atoms with E-state index in [1.54, 1.807) is 6.07 Å². The molecule has 0 aliphatic heterocycles. The molecule has 0 saturated heterocycles. The Bertz CT molecular complexity index is 1020. The highest BCUT2D eigenvalue weighted by atomic mass is 19.1. The standard InChI is InChI=1S/C18H18FN7O3/c1-28-14-2-10(19)3-15(29-9-12(27)6-21)18(14)13-4-16(26-25-13)24-17-8-22-11(5-20)7-23-17/h2-4,7-8,12,27H,6,9,21H2,1H3,(H2,23,24,25,26). The molecule has 2 heterocycles. The number of aromatic amines is 1. The number of nitrogens with one attached hydrogen (secondary N) is 2. The predicted octanol–water partition coefficient (Wildman–Crippen LogP) is 1.33. The van der Waals surface area contributed by atoms with Gasteiger partial charge >= 0.3 is 0 Å². The van der Waals surface area contributed by atoms with Crippen LogP contribution in [0.15, 0.2) is 30.6 Å². The van der Waals surface area contributed by atoms with Gasteiger partial charge in [0.25, 0.3) is 0 Å². The highest BCUT2D eigenvalue weighted by Gasteiger charge is 2.19. The average molecular weight is 399 g/mol. The summed E-state index contributed by atoms with van der Waals surface area (Å²) >= 11 is 0. The first kappa shape index (κ1) is 20.0. The normalized spacial score (nSPS) is 11.6. The molecule has 0 aliphatic carbocycles. The molecule has 0 saturated carbocycles. The van der Waals surface area contributed by atoms with Crippen molar-refractivity contribution >= 4 is 11.6 Å². The molecule has 0 radical (unpaired) electrons. The Kier molecular flexibility index (Phi) is 6.18. The van der Waals surface area contributed by atoms with Gasteiger partial charge in [-0.1, -0.05) is 0 Å². The highest BCUT2D eigenvalue weighted by molar-refractivity contribution is 5.76. The fraction of sp³-hybridized carbons (Fsp3) is 0.222. The molecule has 0 amide bonds. The summed E-state index contributed by atoms with van der Waals surface area (Å²) in [6.07, 6.45) is 1.83. The molecular weight excluding hydrogens is 381 g/mol. The monoisotopic (exact) mass is 399 g/mol. The van der Waals surface area contributed by atoms with Crippen molar-refractivity contribution in [2.24, 2.45) is 5.73 Å². The number of hydrogen-bond acceptors (Lipinski definition) is 9. The Morgan fingerprint density at radius 2 is 2.07 bits per heavy atom. The highest BCUT2D eigenvalue weighted by Crippen LogP contribution is 2.39. The van der Waals surface area contributed by atoms with Crippen molar-refractivity contribution in [1.29, 1.82) is 5.26 Å². The lowest BCUT2D eigenvalue weighted by atomic mass is 10.1. The van der Waals surface area contributed by atoms with Gasteiger partial charge in [0.15, 0.2) is 11.5 Å². The largest absolute Gasteiger partial charge is 0.496 e. The van der Waals surface area contributed by atoms with Crippen LogP contribution in [0.25, 0.3) is 11.3 Å². The van der Waals surface area contributed by atoms with E-state index in [9.17, 15) is 9.50 Å². The van der Waals surface area contributed by atoms with Gasteiger partial charge in [0.1, 0.15) is 41.9 Å². The Labute approximate surface area is 165 Å². The van der Waals surface area contributed by atoms with Crippen molar-refractivity contribution in [1.82, 2.24) is 20.2 Å². The van der Waals surface area contributed by atoms with Crippen LogP contribution in [-0.4, -0.2) is 51.6 Å². The van der Waals surface area contributed by atoms with Crippen LogP contribution in [0.3, 0.4) is 0 Å². The number of nitrogens with zero attached hydrogens (tertiary/aromatic N) is 4. The van der Waals surface area contributed by atoms with Crippen LogP contribution < -0.4 is 20.5 Å². The second kappa shape index (κ2) is 8.96. The number of aromatic nitrogens is 4. The minimum absolute atomic E-state index is 0.00549. The van der Waals surface area contributed by atoms with Gasteiger partial charge in [-0.15, -0.1) is 0 Å². The number of aliphatic hydroxyl groups excluding tert-OH is 1. The molecule has 11 heteroatoms. The molecule has 29 heavy (non-hydrogen) atoms. The molecule has 0 bridgehead atoms. The Morgan fingerprint density at radius 3 is 2.72 bits per heavy atom. The van der Waals surface area contributed by atoms with Crippen LogP contribution in [0.5, 0.6) is 11.5 Å². The number of ether oxygens (including phenoxy) is 2. The van der Waals surface area contributed by atoms with Gasteiger partial charge in [0, 0.05) is 24.7 Å². The summed E-state index contributed by atoms with van der Waals surface area (Å²) in [7, 11) is 1.40. The molecule has 3 aromatic rings. The lowest BCUT2D eigenvalue weighted by molar-refractivity contribution is 0.114. The molecule has 3 rings (SSSR count). The van der Waals surface area contributed by atoms with E-state index in [4.69, 9.17) is 20.5 Å². The predicted molar refractivity (Wildman–Crippen MR) is 101 cm³/mol. The Hall–Kier alpha value is -3.75. The van der Waals surface area contributed by atoms with Crippen LogP contribution in [0.1, 0.15) is 5.69 Å². The number of anilines is 2. The van der Waals surface area contributed by atoms with Gasteiger partial charge in [0.05, 0.1) is 30.8 Å². The van der Waals surface area contributed by atoms with E-state index in [1.165, 1.54) is 31.6 Å². The van der Waals surface area contributed by atoms with E-state index in [0.717, 1.165) is 0 Å². The molecule has 150 valence electrons. The second-order valence-electron chi connectivity index (χ2n) is 5.87. The van der Waals surface area contributed by atoms with Crippen molar-refractivity contribution in [3.05, 3.63) is 42.1 Å². The van der Waals surface area contributed by atoms with Crippen LogP contribution in [0.2, 0.25) is 0 Å². The van der Waals surface area contributed by atoms with E-state index < -0.39 is 11.9 Å². The van der Waals surface area contributed by atoms with Gasteiger partial charge in [-0.2, -0.15) is 10.4 Å². The zero-order valence-corrected chi connectivity index (χ0v) is 15.4. The van der Waals surface area contributed by atoms with Crippen molar-refractivity contribution in [2.75, 3.05) is 25.6 Å². The second-order valence-corrected chi connectivity index (χ2v) is 5.87. The van der Waals surface area contributed by atoms with Crippen molar-refractivity contribution < 1.29 is 19.0 Å². The third kappa shape index (κ3) is 4.75. The summed E-state index contributed by atoms with van der Waals surface area (Å²) < 4.78 is 24.8. The maximum atomic E-state index is 13.9. The first-order valence-corrected chi connectivity index (χ1v) is 8.47. The van der Waals surface area contributed by atoms with E-state index in [-0.39, 0.29) is 30.3 Å². The molecule has 10 nitrogen and oxygen atoms in total. The third-order valence-electron chi connectivity index (χ3n) is 3.82. The summed E-state index contributed by atoms with van der Waals surface area (Å²) in [5.41, 5.74) is 6.47. The zero-order chi connectivity index (χ0) is 20.8. The number of nitrogens with two attached hydrogens (primary N) is 1. The van der Waals surface area contributed by atoms with Crippen LogP contribution in [0.4, 0.5) is 16.0 Å². The average Bonchev–Trinajstić information content (AvgIpc) is 3.19. The molecule has 1 atom stereocenters. The van der Waals surface area contributed by atoms with Gasteiger partial charge < -0.3 is 25.6 Å². The van der Waals surface area contributed by atoms with E-state index >= 15 is 0 Å². The van der Waals surface area contributed by atoms with E-state index in [1.807, 2.05) is 6.07 Å². The van der Waals surface area contributed by atoms with Crippen molar-refractivity contribution in [3.8, 4) is 28.8 Å². The van der Waals surface area contributed by atoms with Crippen LogP contribution >= 0.6 is 0 Å². The molecule has 0 aliphatic rings. The minimum atomic E-state index is -0.897. The molecule has 0 fully saturated rings. The lowest BCUT2D eigenvalue weighted by Gasteiger charge is -2.16. The van der Waals surface area contributed by atoms with Crippen LogP contribution in [-0.2, 0) is 0 Å². The summed E-state index contributed by atoms with van der Waals surface area (Å²) in [5, 5.41) is 28.3. The summed E-state index contributed by atoms with van der Waals surface area (Å²) in [4.78, 5) is 7.98.